The molecule has 2 aromatic rings. The highest BCUT2D eigenvalue weighted by atomic mass is 16.5. The third-order valence-electron chi connectivity index (χ3n) is 4.07. The van der Waals surface area contributed by atoms with Gasteiger partial charge in [0.2, 0.25) is 0 Å². The molecule has 0 spiro atoms. The van der Waals surface area contributed by atoms with E-state index < -0.39 is 0 Å². The van der Waals surface area contributed by atoms with E-state index in [1.807, 2.05) is 50.0 Å². The molecule has 2 heterocycles. The van der Waals surface area contributed by atoms with Gasteiger partial charge in [0.05, 0.1) is 17.8 Å². The van der Waals surface area contributed by atoms with Crippen molar-refractivity contribution in [3.63, 3.8) is 0 Å². The van der Waals surface area contributed by atoms with Gasteiger partial charge in [0.15, 0.2) is 0 Å². The number of hydrogen-bond donors (Lipinski definition) is 0. The van der Waals surface area contributed by atoms with E-state index in [1.165, 1.54) is 0 Å². The van der Waals surface area contributed by atoms with Crippen LogP contribution in [0.25, 0.3) is 0 Å². The largest absolute Gasteiger partial charge is 0.491 e. The molecular formula is C17H22N4O2. The number of hydrogen-bond acceptors (Lipinski definition) is 4. The minimum atomic E-state index is 0.00214. The molecule has 0 N–H and O–H groups in total. The van der Waals surface area contributed by atoms with Crippen molar-refractivity contribution in [1.82, 2.24) is 14.7 Å². The number of fused-ring (bicyclic) bond motifs is 1. The number of benzene rings is 1. The Bertz CT molecular complexity index is 736. The maximum absolute atomic E-state index is 12.8. The summed E-state index contributed by atoms with van der Waals surface area (Å²) in [5.74, 6) is 0.858. The maximum Gasteiger partial charge on any atom is 0.257 e. The van der Waals surface area contributed by atoms with E-state index in [-0.39, 0.29) is 5.91 Å². The lowest BCUT2D eigenvalue weighted by atomic mass is 10.1. The fourth-order valence-corrected chi connectivity index (χ4v) is 2.81. The molecule has 6 nitrogen and oxygen atoms in total. The molecule has 0 unspecified atom stereocenters. The average molecular weight is 314 g/mol. The fourth-order valence-electron chi connectivity index (χ4n) is 2.81. The molecule has 3 rings (SSSR count). The van der Waals surface area contributed by atoms with Gasteiger partial charge >= 0.3 is 0 Å². The topological polar surface area (TPSA) is 50.6 Å². The van der Waals surface area contributed by atoms with Crippen LogP contribution in [0.3, 0.4) is 0 Å². The summed E-state index contributed by atoms with van der Waals surface area (Å²) in [6.45, 7) is 3.47. The summed E-state index contributed by atoms with van der Waals surface area (Å²) in [7, 11) is 5.83. The van der Waals surface area contributed by atoms with Gasteiger partial charge in [0.1, 0.15) is 12.4 Å². The monoisotopic (exact) mass is 314 g/mol. The molecule has 0 radical (unpaired) electrons. The average Bonchev–Trinajstić information content (AvgIpc) is 2.73. The van der Waals surface area contributed by atoms with E-state index in [0.29, 0.717) is 25.3 Å². The van der Waals surface area contributed by atoms with Crippen LogP contribution < -0.4 is 9.64 Å². The van der Waals surface area contributed by atoms with E-state index in [9.17, 15) is 4.79 Å². The summed E-state index contributed by atoms with van der Waals surface area (Å²) < 4.78 is 7.48. The second-order valence-electron chi connectivity index (χ2n) is 6.06. The zero-order valence-electron chi connectivity index (χ0n) is 14.0. The van der Waals surface area contributed by atoms with E-state index in [1.54, 1.807) is 10.9 Å². The smallest absolute Gasteiger partial charge is 0.257 e. The van der Waals surface area contributed by atoms with Crippen LogP contribution in [-0.4, -0.2) is 47.8 Å². The maximum atomic E-state index is 12.8. The molecule has 6 heteroatoms. The van der Waals surface area contributed by atoms with Crippen LogP contribution in [0.1, 0.15) is 21.6 Å². The molecule has 0 atom stereocenters. The first-order chi connectivity index (χ1) is 11.0. The van der Waals surface area contributed by atoms with Crippen molar-refractivity contribution in [3.05, 3.63) is 41.2 Å². The number of anilines is 1. The summed E-state index contributed by atoms with van der Waals surface area (Å²) in [4.78, 5) is 16.7. The van der Waals surface area contributed by atoms with Crippen LogP contribution in [0.4, 0.5) is 5.69 Å². The van der Waals surface area contributed by atoms with Crippen molar-refractivity contribution >= 4 is 11.6 Å². The Labute approximate surface area is 136 Å². The zero-order chi connectivity index (χ0) is 16.6. The SMILES string of the molecule is Cc1nn(C)cc1C(=O)N1CCOc2ccc(N(C)C)cc2C1. The van der Waals surface area contributed by atoms with Gasteiger partial charge in [-0.1, -0.05) is 0 Å². The number of aromatic nitrogens is 2. The van der Waals surface area contributed by atoms with E-state index >= 15 is 0 Å². The molecule has 0 saturated carbocycles. The summed E-state index contributed by atoms with van der Waals surface area (Å²) in [6.07, 6.45) is 1.78. The number of nitrogens with zero attached hydrogens (tertiary/aromatic N) is 4. The van der Waals surface area contributed by atoms with Crippen molar-refractivity contribution in [3.8, 4) is 5.75 Å². The Morgan fingerprint density at radius 1 is 1.35 bits per heavy atom. The van der Waals surface area contributed by atoms with Crippen LogP contribution in [0, 0.1) is 6.92 Å². The predicted molar refractivity (Wildman–Crippen MR) is 88.9 cm³/mol. The van der Waals surface area contributed by atoms with E-state index in [4.69, 9.17) is 4.74 Å². The quantitative estimate of drug-likeness (QED) is 0.848. The lowest BCUT2D eigenvalue weighted by Crippen LogP contribution is -2.32. The van der Waals surface area contributed by atoms with Crippen LogP contribution in [0.15, 0.2) is 24.4 Å². The Balaban J connectivity index is 1.89. The van der Waals surface area contributed by atoms with Crippen LogP contribution in [0.5, 0.6) is 5.75 Å². The van der Waals surface area contributed by atoms with Gasteiger partial charge in [0.25, 0.3) is 5.91 Å². The molecule has 23 heavy (non-hydrogen) atoms. The number of carbonyl (C=O) groups excluding carboxylic acids is 1. The third kappa shape index (κ3) is 3.02. The summed E-state index contributed by atoms with van der Waals surface area (Å²) in [6, 6.07) is 6.09. The van der Waals surface area contributed by atoms with E-state index in [0.717, 1.165) is 22.7 Å². The van der Waals surface area contributed by atoms with Gasteiger partial charge in [-0.3, -0.25) is 9.48 Å². The van der Waals surface area contributed by atoms with Crippen molar-refractivity contribution < 1.29 is 9.53 Å². The predicted octanol–water partition coefficient (Wildman–Crippen LogP) is 1.83. The standard InChI is InChI=1S/C17H22N4O2/c1-12-15(11-20(4)18-12)17(22)21-7-8-23-16-6-5-14(19(2)3)9-13(16)10-21/h5-6,9,11H,7-8,10H2,1-4H3. The number of aryl methyl sites for hydroxylation is 2. The number of carbonyl (C=O) groups is 1. The minimum Gasteiger partial charge on any atom is -0.491 e. The van der Waals surface area contributed by atoms with Gasteiger partial charge in [-0.2, -0.15) is 5.10 Å². The Kier molecular flexibility index (Phi) is 3.98. The number of amides is 1. The minimum absolute atomic E-state index is 0.00214. The van der Waals surface area contributed by atoms with Gasteiger partial charge in [-0.25, -0.2) is 0 Å². The molecular weight excluding hydrogens is 292 g/mol. The van der Waals surface area contributed by atoms with Crippen molar-refractivity contribution in [2.45, 2.75) is 13.5 Å². The Morgan fingerprint density at radius 3 is 2.78 bits per heavy atom. The van der Waals surface area contributed by atoms with Crippen molar-refractivity contribution in [1.29, 1.82) is 0 Å². The van der Waals surface area contributed by atoms with Crippen molar-refractivity contribution in [2.24, 2.45) is 7.05 Å². The van der Waals surface area contributed by atoms with Crippen molar-refractivity contribution in [2.75, 3.05) is 32.1 Å². The summed E-state index contributed by atoms with van der Waals surface area (Å²) >= 11 is 0. The van der Waals surface area contributed by atoms with Crippen LogP contribution in [-0.2, 0) is 13.6 Å². The zero-order valence-corrected chi connectivity index (χ0v) is 14.0. The second kappa shape index (κ2) is 5.95. The Morgan fingerprint density at radius 2 is 2.13 bits per heavy atom. The molecule has 1 aromatic carbocycles. The first-order valence-electron chi connectivity index (χ1n) is 7.68. The molecule has 1 aliphatic rings. The number of ether oxygens (including phenoxy) is 1. The van der Waals surface area contributed by atoms with Gasteiger partial charge in [-0.05, 0) is 25.1 Å². The second-order valence-corrected chi connectivity index (χ2v) is 6.06. The number of rotatable bonds is 2. The molecule has 0 saturated heterocycles. The van der Waals surface area contributed by atoms with Gasteiger partial charge in [0, 0.05) is 45.1 Å². The molecule has 0 fully saturated rings. The van der Waals surface area contributed by atoms with Gasteiger partial charge in [-0.15, -0.1) is 0 Å². The first kappa shape index (κ1) is 15.4. The highest BCUT2D eigenvalue weighted by molar-refractivity contribution is 5.95. The molecule has 122 valence electrons. The molecule has 1 amide bonds. The molecule has 0 bridgehead atoms. The summed E-state index contributed by atoms with van der Waals surface area (Å²) in [5.41, 5.74) is 3.53. The lowest BCUT2D eigenvalue weighted by Gasteiger charge is -2.20. The van der Waals surface area contributed by atoms with Crippen LogP contribution >= 0.6 is 0 Å². The Hall–Kier alpha value is -2.50. The molecule has 1 aliphatic heterocycles. The van der Waals surface area contributed by atoms with Gasteiger partial charge < -0.3 is 14.5 Å². The first-order valence-corrected chi connectivity index (χ1v) is 7.68. The summed E-state index contributed by atoms with van der Waals surface area (Å²) in [5, 5.41) is 4.26. The molecule has 1 aromatic heterocycles. The highest BCUT2D eigenvalue weighted by Crippen LogP contribution is 2.28. The normalized spacial score (nSPS) is 14.0. The molecule has 0 aliphatic carbocycles. The third-order valence-corrected chi connectivity index (χ3v) is 4.07. The fraction of sp³-hybridized carbons (Fsp3) is 0.412. The van der Waals surface area contributed by atoms with E-state index in [2.05, 4.69) is 11.2 Å². The van der Waals surface area contributed by atoms with Crippen LogP contribution in [0.2, 0.25) is 0 Å². The highest BCUT2D eigenvalue weighted by Gasteiger charge is 2.24. The lowest BCUT2D eigenvalue weighted by molar-refractivity contribution is 0.0732.